The predicted molar refractivity (Wildman–Crippen MR) is 180 cm³/mol. The van der Waals surface area contributed by atoms with E-state index in [1.807, 2.05) is 0 Å². The zero-order valence-corrected chi connectivity index (χ0v) is 24.9. The van der Waals surface area contributed by atoms with Crippen molar-refractivity contribution in [2.24, 2.45) is 0 Å². The van der Waals surface area contributed by atoms with Gasteiger partial charge < -0.3 is 8.83 Å². The van der Waals surface area contributed by atoms with Crippen molar-refractivity contribution >= 4 is 43.9 Å². The maximum Gasteiger partial charge on any atom is 0.143 e. The second-order valence-corrected chi connectivity index (χ2v) is 12.2. The van der Waals surface area contributed by atoms with E-state index in [1.165, 1.54) is 33.4 Å². The van der Waals surface area contributed by atoms with Gasteiger partial charge in [0.05, 0.1) is 0 Å². The molecule has 0 saturated heterocycles. The SMILES string of the molecule is Cc1ccccc1-c1cccc2c1oc1ccc(C(C)(C)c3ccc4oc5c(-c6ccccc6C)cccc5c4c3)cc12. The maximum absolute atomic E-state index is 6.51. The van der Waals surface area contributed by atoms with Crippen molar-refractivity contribution in [1.82, 2.24) is 0 Å². The summed E-state index contributed by atoms with van der Waals surface area (Å²) in [7, 11) is 0. The number of para-hydroxylation sites is 2. The van der Waals surface area contributed by atoms with E-state index in [4.69, 9.17) is 8.83 Å². The van der Waals surface area contributed by atoms with Crippen LogP contribution >= 0.6 is 0 Å². The van der Waals surface area contributed by atoms with Crippen molar-refractivity contribution in [1.29, 1.82) is 0 Å². The fraction of sp³-hybridized carbons (Fsp3) is 0.122. The molecule has 0 aliphatic heterocycles. The molecule has 0 radical (unpaired) electrons. The molecule has 8 rings (SSSR count). The van der Waals surface area contributed by atoms with Crippen LogP contribution in [0.15, 0.2) is 130 Å². The Morgan fingerprint density at radius 3 is 1.28 bits per heavy atom. The summed E-state index contributed by atoms with van der Waals surface area (Å²) in [6, 6.07) is 43.3. The van der Waals surface area contributed by atoms with E-state index in [9.17, 15) is 0 Å². The number of fused-ring (bicyclic) bond motifs is 6. The summed E-state index contributed by atoms with van der Waals surface area (Å²) in [6.07, 6.45) is 0. The molecule has 8 aromatic rings. The van der Waals surface area contributed by atoms with Gasteiger partial charge in [0.1, 0.15) is 22.3 Å². The van der Waals surface area contributed by atoms with E-state index >= 15 is 0 Å². The van der Waals surface area contributed by atoms with Gasteiger partial charge in [-0.2, -0.15) is 0 Å². The highest BCUT2D eigenvalue weighted by Crippen LogP contribution is 2.42. The monoisotopic (exact) mass is 556 g/mol. The minimum atomic E-state index is -0.239. The van der Waals surface area contributed by atoms with Gasteiger partial charge in [0, 0.05) is 38.1 Å². The number of aryl methyl sites for hydroxylation is 2. The smallest absolute Gasteiger partial charge is 0.143 e. The lowest BCUT2D eigenvalue weighted by Gasteiger charge is -2.26. The van der Waals surface area contributed by atoms with E-state index in [-0.39, 0.29) is 5.41 Å². The highest BCUT2D eigenvalue weighted by atomic mass is 16.3. The van der Waals surface area contributed by atoms with Gasteiger partial charge in [-0.3, -0.25) is 0 Å². The molecule has 0 spiro atoms. The predicted octanol–water partition coefficient (Wildman–Crippen LogP) is 11.8. The van der Waals surface area contributed by atoms with Gasteiger partial charge in [-0.15, -0.1) is 0 Å². The molecule has 43 heavy (non-hydrogen) atoms. The summed E-state index contributed by atoms with van der Waals surface area (Å²) in [5.41, 5.74) is 13.1. The standard InChI is InChI=1S/C41H32O2/c1-25-11-5-7-13-29(25)31-15-9-17-33-35-23-27(19-21-37(35)42-39(31)33)41(3,4)28-20-22-38-36(24-28)34-18-10-16-32(40(34)43-38)30-14-8-6-12-26(30)2/h5-24H,1-4H3. The summed E-state index contributed by atoms with van der Waals surface area (Å²) in [4.78, 5) is 0. The lowest BCUT2D eigenvalue weighted by Crippen LogP contribution is -2.18. The quantitative estimate of drug-likeness (QED) is 0.215. The molecule has 2 aromatic heterocycles. The van der Waals surface area contributed by atoms with Gasteiger partial charge in [-0.05, 0) is 71.5 Å². The van der Waals surface area contributed by atoms with Crippen molar-refractivity contribution in [3.63, 3.8) is 0 Å². The Morgan fingerprint density at radius 2 is 0.837 bits per heavy atom. The second kappa shape index (κ2) is 9.47. The average molecular weight is 557 g/mol. The zero-order chi connectivity index (χ0) is 29.3. The molecule has 0 aliphatic rings. The summed E-state index contributed by atoms with van der Waals surface area (Å²) >= 11 is 0. The molecule has 0 N–H and O–H groups in total. The van der Waals surface area contributed by atoms with E-state index < -0.39 is 0 Å². The molecular formula is C41H32O2. The molecule has 0 bridgehead atoms. The van der Waals surface area contributed by atoms with Crippen LogP contribution < -0.4 is 0 Å². The Kier molecular flexibility index (Phi) is 5.64. The number of furan rings is 2. The normalized spacial score (nSPS) is 12.2. The first-order valence-corrected chi connectivity index (χ1v) is 14.9. The lowest BCUT2D eigenvalue weighted by atomic mass is 9.77. The minimum Gasteiger partial charge on any atom is -0.455 e. The van der Waals surface area contributed by atoms with Gasteiger partial charge in [0.2, 0.25) is 0 Å². The molecule has 0 amide bonds. The summed E-state index contributed by atoms with van der Waals surface area (Å²) in [5, 5.41) is 4.59. The van der Waals surface area contributed by atoms with Crippen molar-refractivity contribution in [2.75, 3.05) is 0 Å². The first-order valence-electron chi connectivity index (χ1n) is 14.9. The van der Waals surface area contributed by atoms with E-state index in [0.717, 1.165) is 55.0 Å². The molecular weight excluding hydrogens is 524 g/mol. The van der Waals surface area contributed by atoms with Crippen molar-refractivity contribution in [3.8, 4) is 22.3 Å². The fourth-order valence-corrected chi connectivity index (χ4v) is 6.72. The zero-order valence-electron chi connectivity index (χ0n) is 24.9. The Labute approximate surface area is 251 Å². The van der Waals surface area contributed by atoms with Crippen LogP contribution in [-0.4, -0.2) is 0 Å². The largest absolute Gasteiger partial charge is 0.455 e. The Morgan fingerprint density at radius 1 is 0.419 bits per heavy atom. The molecule has 0 saturated carbocycles. The highest BCUT2D eigenvalue weighted by molar-refractivity contribution is 6.11. The first-order chi connectivity index (χ1) is 20.9. The molecule has 0 fully saturated rings. The van der Waals surface area contributed by atoms with E-state index in [2.05, 4.69) is 149 Å². The molecule has 0 unspecified atom stereocenters. The summed E-state index contributed by atoms with van der Waals surface area (Å²) in [5.74, 6) is 0. The molecule has 2 nitrogen and oxygen atoms in total. The number of hydrogen-bond donors (Lipinski definition) is 0. The molecule has 0 aliphatic carbocycles. The summed E-state index contributed by atoms with van der Waals surface area (Å²) in [6.45, 7) is 8.91. The van der Waals surface area contributed by atoms with Gasteiger partial charge in [0.25, 0.3) is 0 Å². The van der Waals surface area contributed by atoms with Crippen molar-refractivity contribution < 1.29 is 8.83 Å². The van der Waals surface area contributed by atoms with Gasteiger partial charge in [-0.25, -0.2) is 0 Å². The summed E-state index contributed by atoms with van der Waals surface area (Å²) < 4.78 is 13.0. The van der Waals surface area contributed by atoms with Gasteiger partial charge in [-0.1, -0.05) is 111 Å². The van der Waals surface area contributed by atoms with Crippen LogP contribution in [0.5, 0.6) is 0 Å². The second-order valence-electron chi connectivity index (χ2n) is 12.2. The molecule has 0 atom stereocenters. The van der Waals surface area contributed by atoms with Gasteiger partial charge in [0.15, 0.2) is 0 Å². The Balaban J connectivity index is 1.26. The van der Waals surface area contributed by atoms with Crippen LogP contribution in [0.3, 0.4) is 0 Å². The molecule has 2 heteroatoms. The van der Waals surface area contributed by atoms with Crippen LogP contribution in [0.1, 0.15) is 36.1 Å². The van der Waals surface area contributed by atoms with Crippen LogP contribution in [0.4, 0.5) is 0 Å². The number of hydrogen-bond acceptors (Lipinski definition) is 2. The van der Waals surface area contributed by atoms with E-state index in [1.54, 1.807) is 0 Å². The van der Waals surface area contributed by atoms with Crippen molar-refractivity contribution in [2.45, 2.75) is 33.1 Å². The maximum atomic E-state index is 6.51. The van der Waals surface area contributed by atoms with Gasteiger partial charge >= 0.3 is 0 Å². The molecule has 208 valence electrons. The third-order valence-electron chi connectivity index (χ3n) is 9.31. The Bertz CT molecular complexity index is 2180. The Hall–Kier alpha value is -5.08. The number of benzene rings is 6. The first kappa shape index (κ1) is 25.6. The topological polar surface area (TPSA) is 26.3 Å². The molecule has 2 heterocycles. The third-order valence-corrected chi connectivity index (χ3v) is 9.31. The number of rotatable bonds is 4. The fourth-order valence-electron chi connectivity index (χ4n) is 6.72. The van der Waals surface area contributed by atoms with Crippen LogP contribution in [0.25, 0.3) is 66.1 Å². The highest BCUT2D eigenvalue weighted by Gasteiger charge is 2.26. The van der Waals surface area contributed by atoms with E-state index in [0.29, 0.717) is 0 Å². The molecule has 6 aromatic carbocycles. The average Bonchev–Trinajstić information content (AvgIpc) is 3.59. The minimum absolute atomic E-state index is 0.239. The van der Waals surface area contributed by atoms with Crippen LogP contribution in [0.2, 0.25) is 0 Å². The third kappa shape index (κ3) is 3.94. The van der Waals surface area contributed by atoms with Crippen molar-refractivity contribution in [3.05, 3.63) is 144 Å². The van der Waals surface area contributed by atoms with Crippen LogP contribution in [0, 0.1) is 13.8 Å². The lowest BCUT2D eigenvalue weighted by molar-refractivity contribution is 0.638. The van der Waals surface area contributed by atoms with Crippen LogP contribution in [-0.2, 0) is 5.41 Å².